The first kappa shape index (κ1) is 17.4. The van der Waals surface area contributed by atoms with Gasteiger partial charge in [0.05, 0.1) is 6.07 Å². The van der Waals surface area contributed by atoms with Crippen LogP contribution in [0.1, 0.15) is 6.42 Å². The molecule has 0 radical (unpaired) electrons. The normalized spacial score (nSPS) is 11.6. The summed E-state index contributed by atoms with van der Waals surface area (Å²) < 4.78 is 44.8. The van der Waals surface area contributed by atoms with E-state index in [1.807, 2.05) is 6.07 Å². The predicted molar refractivity (Wildman–Crippen MR) is 76.3 cm³/mol. The van der Waals surface area contributed by atoms with Crippen molar-refractivity contribution in [2.45, 2.75) is 6.42 Å². The number of hydrogen-bond acceptors (Lipinski definition) is 4. The van der Waals surface area contributed by atoms with Gasteiger partial charge in [0.2, 0.25) is 0 Å². The van der Waals surface area contributed by atoms with Gasteiger partial charge >= 0.3 is 0 Å². The minimum absolute atomic E-state index is 0.0305. The van der Waals surface area contributed by atoms with E-state index in [-0.39, 0.29) is 31.9 Å². The Morgan fingerprint density at radius 1 is 1.24 bits per heavy atom. The molecule has 0 amide bonds. The maximum Gasteiger partial charge on any atom is 0.281 e. The van der Waals surface area contributed by atoms with Gasteiger partial charge in [-0.1, -0.05) is 12.1 Å². The molecular formula is C13H18FN3O3S. The number of para-hydroxylation sites is 1. The van der Waals surface area contributed by atoms with E-state index in [2.05, 4.69) is 0 Å². The molecule has 0 spiro atoms. The molecule has 116 valence electrons. The molecule has 6 nitrogen and oxygen atoms in total. The molecule has 21 heavy (non-hydrogen) atoms. The van der Waals surface area contributed by atoms with Crippen LogP contribution in [0.15, 0.2) is 24.3 Å². The summed E-state index contributed by atoms with van der Waals surface area (Å²) in [6, 6.07) is 7.81. The largest absolute Gasteiger partial charge is 0.489 e. The van der Waals surface area contributed by atoms with E-state index in [1.165, 1.54) is 26.2 Å². The summed E-state index contributed by atoms with van der Waals surface area (Å²) in [7, 11) is -0.825. The average molecular weight is 315 g/mol. The van der Waals surface area contributed by atoms with Crippen LogP contribution < -0.4 is 4.74 Å². The fourth-order valence-corrected chi connectivity index (χ4v) is 2.63. The second kappa shape index (κ2) is 7.93. The van der Waals surface area contributed by atoms with Crippen LogP contribution in [0, 0.1) is 17.1 Å². The number of nitrogens with zero attached hydrogens (tertiary/aromatic N) is 3. The van der Waals surface area contributed by atoms with E-state index in [0.717, 1.165) is 8.61 Å². The summed E-state index contributed by atoms with van der Waals surface area (Å²) in [5, 5.41) is 8.47. The van der Waals surface area contributed by atoms with Crippen LogP contribution in [0.25, 0.3) is 0 Å². The Bertz CT molecular complexity index is 601. The quantitative estimate of drug-likeness (QED) is 0.723. The van der Waals surface area contributed by atoms with Crippen molar-refractivity contribution in [3.8, 4) is 11.8 Å². The Labute approximate surface area is 124 Å². The zero-order chi connectivity index (χ0) is 15.9. The van der Waals surface area contributed by atoms with Crippen molar-refractivity contribution in [2.75, 3.05) is 33.8 Å². The van der Waals surface area contributed by atoms with E-state index in [0.29, 0.717) is 0 Å². The Hall–Kier alpha value is -1.69. The molecule has 0 N–H and O–H groups in total. The SMILES string of the molecule is CN(CCC#N)S(=O)(=O)N(C)CCOc1ccccc1F. The van der Waals surface area contributed by atoms with Crippen molar-refractivity contribution in [1.29, 1.82) is 5.26 Å². The lowest BCUT2D eigenvalue weighted by Crippen LogP contribution is -2.41. The zero-order valence-electron chi connectivity index (χ0n) is 12.0. The molecule has 0 aliphatic heterocycles. The van der Waals surface area contributed by atoms with Crippen LogP contribution in [0.3, 0.4) is 0 Å². The van der Waals surface area contributed by atoms with Gasteiger partial charge in [0.15, 0.2) is 11.6 Å². The summed E-state index contributed by atoms with van der Waals surface area (Å²) >= 11 is 0. The lowest BCUT2D eigenvalue weighted by molar-refractivity contribution is 0.269. The second-order valence-corrected chi connectivity index (χ2v) is 6.48. The van der Waals surface area contributed by atoms with Crippen molar-refractivity contribution < 1.29 is 17.5 Å². The second-order valence-electron chi connectivity index (χ2n) is 4.34. The fraction of sp³-hybridized carbons (Fsp3) is 0.462. The molecule has 0 unspecified atom stereocenters. The summed E-state index contributed by atoms with van der Waals surface area (Å²) in [6.45, 7) is 0.230. The summed E-state index contributed by atoms with van der Waals surface area (Å²) in [4.78, 5) is 0. The lowest BCUT2D eigenvalue weighted by atomic mass is 10.3. The van der Waals surface area contributed by atoms with Gasteiger partial charge in [-0.2, -0.15) is 22.3 Å². The standard InChI is InChI=1S/C13H18FN3O3S/c1-16(9-5-8-15)21(18,19)17(2)10-11-20-13-7-4-3-6-12(13)14/h3-4,6-7H,5,9-11H2,1-2H3. The highest BCUT2D eigenvalue weighted by molar-refractivity contribution is 7.86. The number of benzene rings is 1. The topological polar surface area (TPSA) is 73.6 Å². The van der Waals surface area contributed by atoms with Gasteiger partial charge in [0, 0.05) is 33.6 Å². The molecule has 0 aromatic heterocycles. The van der Waals surface area contributed by atoms with Crippen LogP contribution in [0.2, 0.25) is 0 Å². The van der Waals surface area contributed by atoms with Crippen LogP contribution in [-0.4, -0.2) is 50.8 Å². The van der Waals surface area contributed by atoms with Crippen LogP contribution in [0.4, 0.5) is 4.39 Å². The van der Waals surface area contributed by atoms with Gasteiger partial charge < -0.3 is 4.74 Å². The Kier molecular flexibility index (Phi) is 6.55. The van der Waals surface area contributed by atoms with Crippen molar-refractivity contribution in [3.63, 3.8) is 0 Å². The first-order valence-electron chi connectivity index (χ1n) is 6.31. The van der Waals surface area contributed by atoms with Gasteiger partial charge in [-0.3, -0.25) is 0 Å². The molecule has 0 aliphatic rings. The third-order valence-corrected chi connectivity index (χ3v) is 4.77. The van der Waals surface area contributed by atoms with Crippen LogP contribution >= 0.6 is 0 Å². The average Bonchev–Trinajstić information content (AvgIpc) is 2.46. The number of rotatable bonds is 8. The number of hydrogen-bond donors (Lipinski definition) is 0. The predicted octanol–water partition coefficient (Wildman–Crippen LogP) is 1.23. The summed E-state index contributed by atoms with van der Waals surface area (Å²) in [6.07, 6.45) is 0.120. The van der Waals surface area contributed by atoms with Gasteiger partial charge in [-0.05, 0) is 12.1 Å². The molecule has 0 aliphatic carbocycles. The molecular weight excluding hydrogens is 297 g/mol. The van der Waals surface area contributed by atoms with Gasteiger partial charge in [-0.25, -0.2) is 4.39 Å². The minimum Gasteiger partial charge on any atom is -0.489 e. The smallest absolute Gasteiger partial charge is 0.281 e. The highest BCUT2D eigenvalue weighted by Gasteiger charge is 2.23. The molecule has 0 saturated heterocycles. The molecule has 0 heterocycles. The molecule has 8 heteroatoms. The van der Waals surface area contributed by atoms with Gasteiger partial charge in [0.25, 0.3) is 10.2 Å². The molecule has 0 atom stereocenters. The Morgan fingerprint density at radius 3 is 2.48 bits per heavy atom. The third kappa shape index (κ3) is 4.97. The Balaban J connectivity index is 2.51. The molecule has 0 fully saturated rings. The first-order valence-corrected chi connectivity index (χ1v) is 7.71. The number of halogens is 1. The van der Waals surface area contributed by atoms with E-state index in [1.54, 1.807) is 12.1 Å². The number of nitriles is 1. The van der Waals surface area contributed by atoms with Crippen molar-refractivity contribution in [3.05, 3.63) is 30.1 Å². The van der Waals surface area contributed by atoms with E-state index < -0.39 is 16.0 Å². The maximum absolute atomic E-state index is 13.3. The van der Waals surface area contributed by atoms with Crippen molar-refractivity contribution >= 4 is 10.2 Å². The third-order valence-electron chi connectivity index (χ3n) is 2.83. The molecule has 1 aromatic rings. The van der Waals surface area contributed by atoms with Crippen molar-refractivity contribution in [2.24, 2.45) is 0 Å². The highest BCUT2D eigenvalue weighted by Crippen LogP contribution is 2.15. The Morgan fingerprint density at radius 2 is 1.86 bits per heavy atom. The van der Waals surface area contributed by atoms with Crippen LogP contribution in [0.5, 0.6) is 5.75 Å². The zero-order valence-corrected chi connectivity index (χ0v) is 12.8. The number of ether oxygens (including phenoxy) is 1. The minimum atomic E-state index is -3.63. The van der Waals surface area contributed by atoms with E-state index >= 15 is 0 Å². The summed E-state index contributed by atoms with van der Waals surface area (Å²) in [5.41, 5.74) is 0. The van der Waals surface area contributed by atoms with Gasteiger partial charge in [-0.15, -0.1) is 0 Å². The molecule has 0 saturated carbocycles. The first-order chi connectivity index (χ1) is 9.89. The maximum atomic E-state index is 13.3. The fourth-order valence-electron chi connectivity index (χ4n) is 1.52. The molecule has 0 bridgehead atoms. The number of likely N-dealkylation sites (N-methyl/N-ethyl adjacent to an activating group) is 1. The molecule has 1 rings (SSSR count). The monoisotopic (exact) mass is 315 g/mol. The van der Waals surface area contributed by atoms with Crippen LogP contribution in [-0.2, 0) is 10.2 Å². The lowest BCUT2D eigenvalue weighted by Gasteiger charge is -2.23. The van der Waals surface area contributed by atoms with Gasteiger partial charge in [0.1, 0.15) is 6.61 Å². The summed E-state index contributed by atoms with van der Waals surface area (Å²) in [5.74, 6) is -0.407. The van der Waals surface area contributed by atoms with E-state index in [9.17, 15) is 12.8 Å². The van der Waals surface area contributed by atoms with E-state index in [4.69, 9.17) is 10.00 Å². The van der Waals surface area contributed by atoms with Crippen molar-refractivity contribution in [1.82, 2.24) is 8.61 Å². The molecule has 1 aromatic carbocycles. The highest BCUT2D eigenvalue weighted by atomic mass is 32.2.